The third kappa shape index (κ3) is 4.61. The minimum atomic E-state index is -3.48. The maximum absolute atomic E-state index is 11.8. The highest BCUT2D eigenvalue weighted by Crippen LogP contribution is 2.10. The van der Waals surface area contributed by atoms with Crippen molar-refractivity contribution < 1.29 is 13.2 Å². The summed E-state index contributed by atoms with van der Waals surface area (Å²) in [5, 5.41) is -1.03. The molecule has 2 N–H and O–H groups in total. The van der Waals surface area contributed by atoms with Gasteiger partial charge >= 0.3 is 0 Å². The summed E-state index contributed by atoms with van der Waals surface area (Å²) in [7, 11) is -0.419. The van der Waals surface area contributed by atoms with Crippen molar-refractivity contribution in [1.82, 2.24) is 4.90 Å². The van der Waals surface area contributed by atoms with E-state index in [1.54, 1.807) is 13.8 Å². The summed E-state index contributed by atoms with van der Waals surface area (Å²) in [6.45, 7) is 4.64. The van der Waals surface area contributed by atoms with Crippen LogP contribution in [0.1, 0.15) is 20.8 Å². The first-order valence-electron chi connectivity index (χ1n) is 4.69. The Morgan fingerprint density at radius 1 is 1.40 bits per heavy atom. The lowest BCUT2D eigenvalue weighted by atomic mass is 10.1. The molecule has 0 aromatic rings. The zero-order valence-corrected chi connectivity index (χ0v) is 10.8. The number of nitrogens with zero attached hydrogens (tertiary/aromatic N) is 1. The topological polar surface area (TPSA) is 80.5 Å². The number of amides is 1. The Bertz CT molecular complexity index is 328. The van der Waals surface area contributed by atoms with E-state index in [0.29, 0.717) is 0 Å². The van der Waals surface area contributed by atoms with Gasteiger partial charge in [0.1, 0.15) is 5.25 Å². The fourth-order valence-corrected chi connectivity index (χ4v) is 2.97. The fraction of sp³-hybridized carbons (Fsp3) is 0.889. The summed E-state index contributed by atoms with van der Waals surface area (Å²) in [6.07, 6.45) is 0. The number of rotatable bonds is 4. The maximum Gasteiger partial charge on any atom is 0.240 e. The third-order valence-corrected chi connectivity index (χ3v) is 4.33. The third-order valence-electron chi connectivity index (χ3n) is 1.90. The van der Waals surface area contributed by atoms with Gasteiger partial charge in [0.25, 0.3) is 0 Å². The van der Waals surface area contributed by atoms with Crippen molar-refractivity contribution >= 4 is 15.7 Å². The molecule has 5 nitrogen and oxygen atoms in total. The molecule has 1 amide bonds. The highest BCUT2D eigenvalue weighted by atomic mass is 32.2. The second-order valence-corrected chi connectivity index (χ2v) is 6.99. The summed E-state index contributed by atoms with van der Waals surface area (Å²) in [5.74, 6) is -0.611. The van der Waals surface area contributed by atoms with Gasteiger partial charge in [0.2, 0.25) is 5.91 Å². The zero-order valence-electron chi connectivity index (χ0n) is 9.94. The molecule has 0 aromatic heterocycles. The standard InChI is InChI=1S/C9H20N2O3S/c1-7(8(12)11(4)5)15(13,14)6-9(2,3)10/h7H,6,10H2,1-5H3. The molecule has 0 heterocycles. The molecule has 0 spiro atoms. The molecular weight excluding hydrogens is 216 g/mol. The fourth-order valence-electron chi connectivity index (χ4n) is 1.16. The molecule has 0 saturated heterocycles. The number of nitrogens with two attached hydrogens (primary N) is 1. The lowest BCUT2D eigenvalue weighted by Crippen LogP contribution is -2.46. The first-order chi connectivity index (χ1) is 6.47. The molecule has 0 fully saturated rings. The number of sulfone groups is 1. The van der Waals surface area contributed by atoms with Gasteiger partial charge in [-0.25, -0.2) is 8.42 Å². The van der Waals surface area contributed by atoms with Crippen molar-refractivity contribution in [3.63, 3.8) is 0 Å². The summed E-state index contributed by atoms with van der Waals surface area (Å²) in [4.78, 5) is 12.8. The van der Waals surface area contributed by atoms with Crippen LogP contribution in [0, 0.1) is 0 Å². The zero-order chi connectivity index (χ0) is 12.4. The summed E-state index contributed by atoms with van der Waals surface area (Å²) >= 11 is 0. The smallest absolute Gasteiger partial charge is 0.240 e. The van der Waals surface area contributed by atoms with Crippen LogP contribution in [-0.2, 0) is 14.6 Å². The Morgan fingerprint density at radius 3 is 2.07 bits per heavy atom. The summed E-state index contributed by atoms with van der Waals surface area (Å²) < 4.78 is 23.5. The van der Waals surface area contributed by atoms with Gasteiger partial charge in [-0.3, -0.25) is 4.79 Å². The number of hydrogen-bond acceptors (Lipinski definition) is 4. The van der Waals surface area contributed by atoms with Crippen molar-refractivity contribution in [3.05, 3.63) is 0 Å². The van der Waals surface area contributed by atoms with Crippen LogP contribution < -0.4 is 5.73 Å². The Labute approximate surface area is 91.5 Å². The molecule has 0 aliphatic carbocycles. The van der Waals surface area contributed by atoms with Gasteiger partial charge in [0, 0.05) is 19.6 Å². The largest absolute Gasteiger partial charge is 0.348 e. The molecular formula is C9H20N2O3S. The van der Waals surface area contributed by atoms with Gasteiger partial charge < -0.3 is 10.6 Å². The molecule has 90 valence electrons. The van der Waals surface area contributed by atoms with Crippen LogP contribution in [0.25, 0.3) is 0 Å². The predicted octanol–water partition coefficient (Wildman–Crippen LogP) is -0.385. The normalized spacial score (nSPS) is 14.8. The van der Waals surface area contributed by atoms with Crippen LogP contribution in [-0.4, -0.2) is 49.9 Å². The molecule has 0 bridgehead atoms. The number of carbonyl (C=O) groups excluding carboxylic acids is 1. The monoisotopic (exact) mass is 236 g/mol. The molecule has 0 rings (SSSR count). The van der Waals surface area contributed by atoms with Crippen molar-refractivity contribution in [1.29, 1.82) is 0 Å². The molecule has 1 atom stereocenters. The van der Waals surface area contributed by atoms with Crippen molar-refractivity contribution in [2.24, 2.45) is 5.73 Å². The molecule has 0 radical (unpaired) electrons. The van der Waals surface area contributed by atoms with Gasteiger partial charge in [0.15, 0.2) is 9.84 Å². The average Bonchev–Trinajstić information content (AvgIpc) is 1.96. The number of hydrogen-bond donors (Lipinski definition) is 1. The average molecular weight is 236 g/mol. The highest BCUT2D eigenvalue weighted by molar-refractivity contribution is 7.92. The van der Waals surface area contributed by atoms with Crippen LogP contribution in [0.3, 0.4) is 0 Å². The molecule has 0 aliphatic rings. The van der Waals surface area contributed by atoms with Crippen molar-refractivity contribution in [2.45, 2.75) is 31.6 Å². The highest BCUT2D eigenvalue weighted by Gasteiger charge is 2.32. The van der Waals surface area contributed by atoms with E-state index in [1.165, 1.54) is 25.9 Å². The Kier molecular flexibility index (Phi) is 4.30. The molecule has 1 unspecified atom stereocenters. The van der Waals surface area contributed by atoms with Gasteiger partial charge in [0.05, 0.1) is 5.75 Å². The predicted molar refractivity (Wildman–Crippen MR) is 60.2 cm³/mol. The van der Waals surface area contributed by atoms with Gasteiger partial charge in [-0.1, -0.05) is 0 Å². The lowest BCUT2D eigenvalue weighted by molar-refractivity contribution is -0.127. The summed E-state index contributed by atoms with van der Waals surface area (Å²) in [6, 6.07) is 0. The lowest BCUT2D eigenvalue weighted by Gasteiger charge is -2.22. The Balaban J connectivity index is 4.84. The van der Waals surface area contributed by atoms with E-state index < -0.39 is 26.5 Å². The van der Waals surface area contributed by atoms with Crippen LogP contribution in [0.5, 0.6) is 0 Å². The number of carbonyl (C=O) groups is 1. The molecule has 0 saturated carbocycles. The maximum atomic E-state index is 11.8. The molecule has 15 heavy (non-hydrogen) atoms. The van der Waals surface area contributed by atoms with Gasteiger partial charge in [-0.15, -0.1) is 0 Å². The minimum absolute atomic E-state index is 0.194. The second kappa shape index (κ2) is 4.49. The first kappa shape index (κ1) is 14.4. The van der Waals surface area contributed by atoms with E-state index in [1.807, 2.05) is 0 Å². The Morgan fingerprint density at radius 2 is 1.80 bits per heavy atom. The van der Waals surface area contributed by atoms with Crippen LogP contribution >= 0.6 is 0 Å². The van der Waals surface area contributed by atoms with Crippen molar-refractivity contribution in [2.75, 3.05) is 19.8 Å². The Hall–Kier alpha value is -0.620. The molecule has 0 aromatic carbocycles. The van der Waals surface area contributed by atoms with E-state index in [4.69, 9.17) is 5.73 Å². The minimum Gasteiger partial charge on any atom is -0.348 e. The van der Waals surface area contributed by atoms with E-state index in [-0.39, 0.29) is 5.75 Å². The van der Waals surface area contributed by atoms with Gasteiger partial charge in [-0.2, -0.15) is 0 Å². The van der Waals surface area contributed by atoms with E-state index in [2.05, 4.69) is 0 Å². The van der Waals surface area contributed by atoms with E-state index in [9.17, 15) is 13.2 Å². The van der Waals surface area contributed by atoms with E-state index in [0.717, 1.165) is 0 Å². The van der Waals surface area contributed by atoms with E-state index >= 15 is 0 Å². The van der Waals surface area contributed by atoms with Crippen LogP contribution in [0.15, 0.2) is 0 Å². The molecule has 6 heteroatoms. The van der Waals surface area contributed by atoms with Crippen LogP contribution in [0.2, 0.25) is 0 Å². The molecule has 0 aliphatic heterocycles. The van der Waals surface area contributed by atoms with Gasteiger partial charge in [-0.05, 0) is 20.8 Å². The second-order valence-electron chi connectivity index (χ2n) is 4.67. The van der Waals surface area contributed by atoms with Crippen LogP contribution in [0.4, 0.5) is 0 Å². The SMILES string of the molecule is CC(C(=O)N(C)C)S(=O)(=O)CC(C)(C)N. The first-order valence-corrected chi connectivity index (χ1v) is 6.40. The van der Waals surface area contributed by atoms with Crippen molar-refractivity contribution in [3.8, 4) is 0 Å². The quantitative estimate of drug-likeness (QED) is 0.721. The summed E-state index contributed by atoms with van der Waals surface area (Å²) in [5.41, 5.74) is 4.81.